The maximum Gasteiger partial charge on any atom is 0.217 e. The highest BCUT2D eigenvalue weighted by atomic mass is 16.3. The van der Waals surface area contributed by atoms with Gasteiger partial charge in [0.15, 0.2) is 0 Å². The van der Waals surface area contributed by atoms with Gasteiger partial charge in [-0.3, -0.25) is 9.69 Å². The van der Waals surface area contributed by atoms with Crippen LogP contribution >= 0.6 is 0 Å². The molecule has 4 nitrogen and oxygen atoms in total. The van der Waals surface area contributed by atoms with E-state index in [4.69, 9.17) is 0 Å². The second kappa shape index (κ2) is 4.42. The molecule has 0 aromatic heterocycles. The molecule has 1 aliphatic rings. The number of piperidine rings is 1. The van der Waals surface area contributed by atoms with Crippen molar-refractivity contribution in [2.75, 3.05) is 19.8 Å². The third-order valence-corrected chi connectivity index (χ3v) is 2.18. The normalized spacial score (nSPS) is 20.8. The van der Waals surface area contributed by atoms with Crippen LogP contribution in [-0.2, 0) is 9.90 Å². The second-order valence-electron chi connectivity index (χ2n) is 3.22. The lowest BCUT2D eigenvalue weighted by Gasteiger charge is -2.29. The van der Waals surface area contributed by atoms with Gasteiger partial charge in [-0.2, -0.15) is 0 Å². The predicted octanol–water partition coefficient (Wildman–Crippen LogP) is -0.0251. The Morgan fingerprint density at radius 2 is 2.08 bits per heavy atom. The molecular weight excluding hydrogens is 156 g/mol. The molecule has 1 aliphatic heterocycles. The zero-order valence-corrected chi connectivity index (χ0v) is 7.38. The first-order valence-electron chi connectivity index (χ1n) is 4.30. The maximum atomic E-state index is 10.7. The molecule has 12 heavy (non-hydrogen) atoms. The van der Waals surface area contributed by atoms with Crippen LogP contribution in [0.1, 0.15) is 19.8 Å². The summed E-state index contributed by atoms with van der Waals surface area (Å²) in [5.74, 6) is 0.0237. The van der Waals surface area contributed by atoms with Crippen molar-refractivity contribution in [2.45, 2.75) is 25.8 Å². The number of carbonyl (C=O) groups excluding carboxylic acids is 1. The molecule has 1 saturated heterocycles. The monoisotopic (exact) mass is 171 g/mol. The van der Waals surface area contributed by atoms with Crippen LogP contribution in [0, 0.1) is 0 Å². The Kier molecular flexibility index (Phi) is 3.49. The second-order valence-corrected chi connectivity index (χ2v) is 3.22. The van der Waals surface area contributed by atoms with E-state index < -0.39 is 0 Å². The fourth-order valence-corrected chi connectivity index (χ4v) is 1.49. The molecule has 1 fully saturated rings. The Balaban J connectivity index is 2.21. The van der Waals surface area contributed by atoms with Gasteiger partial charge in [-0.25, -0.2) is 5.11 Å². The average molecular weight is 171 g/mol. The van der Waals surface area contributed by atoms with Crippen LogP contribution in [0.2, 0.25) is 0 Å². The predicted molar refractivity (Wildman–Crippen MR) is 44.0 cm³/mol. The summed E-state index contributed by atoms with van der Waals surface area (Å²) in [6.45, 7) is 3.04. The Hall–Kier alpha value is -0.610. The van der Waals surface area contributed by atoms with Gasteiger partial charge in [0.25, 0.3) is 0 Å². The number of nitrogens with zero attached hydrogens (tertiary/aromatic N) is 1. The fraction of sp³-hybridized carbons (Fsp3) is 0.875. The van der Waals surface area contributed by atoms with Gasteiger partial charge in [0.05, 0.1) is 0 Å². The van der Waals surface area contributed by atoms with Crippen molar-refractivity contribution >= 4 is 5.91 Å². The zero-order valence-electron chi connectivity index (χ0n) is 7.38. The maximum absolute atomic E-state index is 10.7. The molecule has 1 radical (unpaired) electrons. The molecule has 0 aliphatic carbocycles. The number of likely N-dealkylation sites (tertiary alicyclic amines) is 1. The van der Waals surface area contributed by atoms with Gasteiger partial charge in [0.1, 0.15) is 6.73 Å². The summed E-state index contributed by atoms with van der Waals surface area (Å²) in [7, 11) is 0. The van der Waals surface area contributed by atoms with Gasteiger partial charge in [-0.15, -0.1) is 0 Å². The molecule has 1 rings (SSSR count). The van der Waals surface area contributed by atoms with E-state index in [0.29, 0.717) is 0 Å². The molecule has 0 unspecified atom stereocenters. The Bertz CT molecular complexity index is 153. The highest BCUT2D eigenvalue weighted by molar-refractivity contribution is 5.73. The van der Waals surface area contributed by atoms with E-state index >= 15 is 0 Å². The summed E-state index contributed by atoms with van der Waals surface area (Å²) in [5.41, 5.74) is 0. The third kappa shape index (κ3) is 2.79. The van der Waals surface area contributed by atoms with Crippen LogP contribution in [0.25, 0.3) is 0 Å². The van der Waals surface area contributed by atoms with Crippen molar-refractivity contribution in [3.8, 4) is 0 Å². The van der Waals surface area contributed by atoms with Crippen LogP contribution in [0.3, 0.4) is 0 Å². The molecule has 0 aromatic carbocycles. The van der Waals surface area contributed by atoms with Crippen molar-refractivity contribution in [1.29, 1.82) is 0 Å². The first kappa shape index (κ1) is 9.48. The van der Waals surface area contributed by atoms with E-state index in [0.717, 1.165) is 25.9 Å². The molecule has 0 atom stereocenters. The van der Waals surface area contributed by atoms with Crippen molar-refractivity contribution in [2.24, 2.45) is 0 Å². The lowest BCUT2D eigenvalue weighted by molar-refractivity contribution is -0.120. The summed E-state index contributed by atoms with van der Waals surface area (Å²) in [4.78, 5) is 12.5. The van der Waals surface area contributed by atoms with Crippen LogP contribution in [0.4, 0.5) is 0 Å². The molecule has 1 amide bonds. The van der Waals surface area contributed by atoms with E-state index in [-0.39, 0.29) is 18.7 Å². The molecule has 1 N–H and O–H groups in total. The van der Waals surface area contributed by atoms with E-state index in [9.17, 15) is 9.90 Å². The molecule has 69 valence electrons. The third-order valence-electron chi connectivity index (χ3n) is 2.18. The number of nitrogens with one attached hydrogen (secondary N) is 1. The van der Waals surface area contributed by atoms with Crippen molar-refractivity contribution < 1.29 is 9.90 Å². The standard InChI is InChI=1S/C8H15N2O2/c1-7(12)9-8-2-4-10(6-11)5-3-8/h8H,2-6H2,1H3,(H,9,12). The lowest BCUT2D eigenvalue weighted by atomic mass is 10.1. The van der Waals surface area contributed by atoms with E-state index in [1.165, 1.54) is 6.92 Å². The summed E-state index contributed by atoms with van der Waals surface area (Å²) >= 11 is 0. The number of carbonyl (C=O) groups is 1. The van der Waals surface area contributed by atoms with Gasteiger partial charge >= 0.3 is 0 Å². The summed E-state index contributed by atoms with van der Waals surface area (Å²) < 4.78 is 0. The molecule has 0 saturated carbocycles. The Labute approximate surface area is 72.6 Å². The lowest BCUT2D eigenvalue weighted by Crippen LogP contribution is -2.43. The van der Waals surface area contributed by atoms with E-state index in [2.05, 4.69) is 5.32 Å². The van der Waals surface area contributed by atoms with Gasteiger partial charge in [-0.1, -0.05) is 0 Å². The molecule has 0 bridgehead atoms. The van der Waals surface area contributed by atoms with Crippen LogP contribution in [-0.4, -0.2) is 36.7 Å². The minimum Gasteiger partial charge on any atom is -0.354 e. The van der Waals surface area contributed by atoms with Crippen LogP contribution in [0.5, 0.6) is 0 Å². The van der Waals surface area contributed by atoms with Crippen LogP contribution in [0.15, 0.2) is 0 Å². The Morgan fingerprint density at radius 3 is 2.50 bits per heavy atom. The molecule has 0 aromatic rings. The van der Waals surface area contributed by atoms with Gasteiger partial charge in [0.2, 0.25) is 5.91 Å². The van der Waals surface area contributed by atoms with Crippen LogP contribution < -0.4 is 5.32 Å². The quantitative estimate of drug-likeness (QED) is 0.634. The van der Waals surface area contributed by atoms with Gasteiger partial charge in [0, 0.05) is 26.1 Å². The minimum atomic E-state index is -0.118. The first-order chi connectivity index (χ1) is 5.72. The highest BCUT2D eigenvalue weighted by Crippen LogP contribution is 2.08. The summed E-state index contributed by atoms with van der Waals surface area (Å²) in [6.07, 6.45) is 1.81. The van der Waals surface area contributed by atoms with Crippen molar-refractivity contribution in [1.82, 2.24) is 10.2 Å². The fourth-order valence-electron chi connectivity index (χ4n) is 1.49. The largest absolute Gasteiger partial charge is 0.354 e. The zero-order chi connectivity index (χ0) is 8.97. The van der Waals surface area contributed by atoms with Gasteiger partial charge < -0.3 is 5.32 Å². The summed E-state index contributed by atoms with van der Waals surface area (Å²) in [5, 5.41) is 13.3. The van der Waals surface area contributed by atoms with E-state index in [1.54, 1.807) is 0 Å². The van der Waals surface area contributed by atoms with Gasteiger partial charge in [-0.05, 0) is 12.8 Å². The average Bonchev–Trinajstić information content (AvgIpc) is 2.05. The smallest absolute Gasteiger partial charge is 0.217 e. The topological polar surface area (TPSA) is 52.2 Å². The molecular formula is C8H15N2O2. The number of rotatable bonds is 2. The number of hydrogen-bond acceptors (Lipinski definition) is 2. The highest BCUT2D eigenvalue weighted by Gasteiger charge is 2.18. The molecule has 1 heterocycles. The van der Waals surface area contributed by atoms with Crippen molar-refractivity contribution in [3.63, 3.8) is 0 Å². The Morgan fingerprint density at radius 1 is 1.50 bits per heavy atom. The SMILES string of the molecule is CC(=O)NC1CCN(C[O])CC1. The van der Waals surface area contributed by atoms with E-state index in [1.807, 2.05) is 4.90 Å². The molecule has 0 spiro atoms. The molecule has 4 heteroatoms. The summed E-state index contributed by atoms with van der Waals surface area (Å²) in [6, 6.07) is 0.283. The first-order valence-corrected chi connectivity index (χ1v) is 4.30. The minimum absolute atomic E-state index is 0.0237. The van der Waals surface area contributed by atoms with Crippen molar-refractivity contribution in [3.05, 3.63) is 0 Å². The number of hydrogen-bond donors (Lipinski definition) is 1. The number of amides is 1.